The summed E-state index contributed by atoms with van der Waals surface area (Å²) in [6, 6.07) is 3.81. The standard InChI is InChI=1S/C14H21ClN2OS/c1-10-4-6-14(9-16,7-5-10)13(18)17-8-11-2-3-12(15)19-11/h2-3,10H,4-9,16H2,1H3,(H,17,18). The number of hydrogen-bond donors (Lipinski definition) is 2. The van der Waals surface area contributed by atoms with Crippen LogP contribution in [-0.4, -0.2) is 12.5 Å². The quantitative estimate of drug-likeness (QED) is 0.897. The highest BCUT2D eigenvalue weighted by molar-refractivity contribution is 7.16. The fourth-order valence-corrected chi connectivity index (χ4v) is 3.67. The Kier molecular flexibility index (Phi) is 4.87. The molecule has 1 aromatic heterocycles. The van der Waals surface area contributed by atoms with Crippen LogP contribution in [0.15, 0.2) is 12.1 Å². The Hall–Kier alpha value is -0.580. The first kappa shape index (κ1) is 14.8. The van der Waals surface area contributed by atoms with Gasteiger partial charge >= 0.3 is 0 Å². The molecule has 1 amide bonds. The van der Waals surface area contributed by atoms with Crippen LogP contribution < -0.4 is 11.1 Å². The minimum atomic E-state index is -0.354. The maximum atomic E-state index is 12.4. The first-order valence-corrected chi connectivity index (χ1v) is 7.98. The average Bonchev–Trinajstić information content (AvgIpc) is 2.83. The van der Waals surface area contributed by atoms with E-state index in [1.807, 2.05) is 12.1 Å². The molecule has 0 saturated heterocycles. The van der Waals surface area contributed by atoms with Crippen LogP contribution in [-0.2, 0) is 11.3 Å². The summed E-state index contributed by atoms with van der Waals surface area (Å²) in [5.74, 6) is 0.815. The molecule has 19 heavy (non-hydrogen) atoms. The number of nitrogens with one attached hydrogen (secondary N) is 1. The van der Waals surface area contributed by atoms with Gasteiger partial charge < -0.3 is 11.1 Å². The zero-order valence-electron chi connectivity index (χ0n) is 11.2. The van der Waals surface area contributed by atoms with Crippen LogP contribution in [0.1, 0.15) is 37.5 Å². The van der Waals surface area contributed by atoms with Gasteiger partial charge in [-0.2, -0.15) is 0 Å². The highest BCUT2D eigenvalue weighted by Gasteiger charge is 2.39. The summed E-state index contributed by atoms with van der Waals surface area (Å²) in [4.78, 5) is 13.5. The van der Waals surface area contributed by atoms with Gasteiger partial charge in [0.2, 0.25) is 5.91 Å². The first-order chi connectivity index (χ1) is 9.05. The lowest BCUT2D eigenvalue weighted by Gasteiger charge is -2.37. The van der Waals surface area contributed by atoms with Gasteiger partial charge in [0.05, 0.1) is 16.3 Å². The molecule has 0 spiro atoms. The van der Waals surface area contributed by atoms with E-state index in [4.69, 9.17) is 17.3 Å². The topological polar surface area (TPSA) is 55.1 Å². The van der Waals surface area contributed by atoms with E-state index in [-0.39, 0.29) is 11.3 Å². The molecule has 1 fully saturated rings. The van der Waals surface area contributed by atoms with Gasteiger partial charge in [-0.15, -0.1) is 11.3 Å². The molecule has 1 aromatic rings. The Balaban J connectivity index is 1.93. The zero-order chi connectivity index (χ0) is 13.9. The molecule has 1 heterocycles. The van der Waals surface area contributed by atoms with Crippen LogP contribution in [0.3, 0.4) is 0 Å². The molecule has 1 aliphatic carbocycles. The van der Waals surface area contributed by atoms with Crippen molar-refractivity contribution in [1.29, 1.82) is 0 Å². The second kappa shape index (κ2) is 6.25. The summed E-state index contributed by atoms with van der Waals surface area (Å²) >= 11 is 7.38. The van der Waals surface area contributed by atoms with Crippen molar-refractivity contribution < 1.29 is 4.79 Å². The SMILES string of the molecule is CC1CCC(CN)(C(=O)NCc2ccc(Cl)s2)CC1. The van der Waals surface area contributed by atoms with E-state index >= 15 is 0 Å². The van der Waals surface area contributed by atoms with Crippen molar-refractivity contribution in [3.05, 3.63) is 21.3 Å². The highest BCUT2D eigenvalue weighted by atomic mass is 35.5. The predicted molar refractivity (Wildman–Crippen MR) is 80.3 cm³/mol. The molecule has 0 atom stereocenters. The predicted octanol–water partition coefficient (Wildman–Crippen LogP) is 3.17. The number of halogens is 1. The minimum absolute atomic E-state index is 0.103. The number of amides is 1. The molecule has 2 rings (SSSR count). The van der Waals surface area contributed by atoms with Crippen LogP contribution >= 0.6 is 22.9 Å². The number of hydrogen-bond acceptors (Lipinski definition) is 3. The van der Waals surface area contributed by atoms with Crippen molar-refractivity contribution in [1.82, 2.24) is 5.32 Å². The summed E-state index contributed by atoms with van der Waals surface area (Å²) in [7, 11) is 0. The molecular weight excluding hydrogens is 280 g/mol. The molecule has 0 aliphatic heterocycles. The number of rotatable bonds is 4. The third kappa shape index (κ3) is 3.50. The van der Waals surface area contributed by atoms with E-state index in [9.17, 15) is 4.79 Å². The minimum Gasteiger partial charge on any atom is -0.351 e. The van der Waals surface area contributed by atoms with E-state index in [1.54, 1.807) is 0 Å². The Morgan fingerprint density at radius 3 is 2.74 bits per heavy atom. The molecule has 5 heteroatoms. The number of carbonyl (C=O) groups is 1. The average molecular weight is 301 g/mol. The molecule has 0 bridgehead atoms. The Bertz CT molecular complexity index is 438. The Labute approximate surface area is 123 Å². The van der Waals surface area contributed by atoms with Crippen molar-refractivity contribution in [2.24, 2.45) is 17.1 Å². The van der Waals surface area contributed by atoms with Gasteiger partial charge in [0.25, 0.3) is 0 Å². The van der Waals surface area contributed by atoms with Crippen molar-refractivity contribution in [3.8, 4) is 0 Å². The number of carbonyl (C=O) groups excluding carboxylic acids is 1. The molecule has 0 aromatic carbocycles. The van der Waals surface area contributed by atoms with Gasteiger partial charge in [0, 0.05) is 11.4 Å². The summed E-state index contributed by atoms with van der Waals surface area (Å²) in [6.07, 6.45) is 3.99. The largest absolute Gasteiger partial charge is 0.351 e. The van der Waals surface area contributed by atoms with Gasteiger partial charge in [0.1, 0.15) is 0 Å². The number of thiophene rings is 1. The zero-order valence-corrected chi connectivity index (χ0v) is 12.8. The monoisotopic (exact) mass is 300 g/mol. The third-order valence-corrected chi connectivity index (χ3v) is 5.39. The van der Waals surface area contributed by atoms with E-state index < -0.39 is 0 Å². The Morgan fingerprint density at radius 1 is 1.53 bits per heavy atom. The Morgan fingerprint density at radius 2 is 2.21 bits per heavy atom. The van der Waals surface area contributed by atoms with Crippen LogP contribution in [0, 0.1) is 11.3 Å². The van der Waals surface area contributed by atoms with E-state index in [2.05, 4.69) is 12.2 Å². The molecule has 1 saturated carbocycles. The fourth-order valence-electron chi connectivity index (χ4n) is 2.64. The summed E-state index contributed by atoms with van der Waals surface area (Å²) in [5, 5.41) is 3.02. The lowest BCUT2D eigenvalue weighted by atomic mass is 9.70. The third-order valence-electron chi connectivity index (χ3n) is 4.16. The number of nitrogens with two attached hydrogens (primary N) is 1. The molecule has 3 nitrogen and oxygen atoms in total. The van der Waals surface area contributed by atoms with Crippen LogP contribution in [0.5, 0.6) is 0 Å². The van der Waals surface area contributed by atoms with Crippen molar-refractivity contribution in [2.45, 2.75) is 39.2 Å². The summed E-state index contributed by atoms with van der Waals surface area (Å²) in [6.45, 7) is 3.23. The summed E-state index contributed by atoms with van der Waals surface area (Å²) in [5.41, 5.74) is 5.52. The maximum Gasteiger partial charge on any atom is 0.227 e. The smallest absolute Gasteiger partial charge is 0.227 e. The molecule has 0 radical (unpaired) electrons. The van der Waals surface area contributed by atoms with Gasteiger partial charge in [-0.25, -0.2) is 0 Å². The normalized spacial score (nSPS) is 27.2. The lowest BCUT2D eigenvalue weighted by Crippen LogP contribution is -2.47. The van der Waals surface area contributed by atoms with Gasteiger partial charge in [0.15, 0.2) is 0 Å². The first-order valence-electron chi connectivity index (χ1n) is 6.78. The van der Waals surface area contributed by atoms with Gasteiger partial charge in [-0.05, 0) is 43.7 Å². The molecule has 106 valence electrons. The summed E-state index contributed by atoms with van der Waals surface area (Å²) < 4.78 is 0.754. The van der Waals surface area contributed by atoms with Crippen molar-refractivity contribution >= 4 is 28.8 Å². The molecule has 0 unspecified atom stereocenters. The van der Waals surface area contributed by atoms with E-state index in [0.717, 1.165) is 34.9 Å². The fraction of sp³-hybridized carbons (Fsp3) is 0.643. The van der Waals surface area contributed by atoms with E-state index in [0.29, 0.717) is 19.0 Å². The van der Waals surface area contributed by atoms with E-state index in [1.165, 1.54) is 11.3 Å². The second-order valence-corrected chi connectivity index (χ2v) is 7.36. The highest BCUT2D eigenvalue weighted by Crippen LogP contribution is 2.38. The van der Waals surface area contributed by atoms with Gasteiger partial charge in [-0.1, -0.05) is 18.5 Å². The molecule has 1 aliphatic rings. The van der Waals surface area contributed by atoms with Crippen molar-refractivity contribution in [3.63, 3.8) is 0 Å². The maximum absolute atomic E-state index is 12.4. The molecule has 3 N–H and O–H groups in total. The van der Waals surface area contributed by atoms with Crippen molar-refractivity contribution in [2.75, 3.05) is 6.54 Å². The van der Waals surface area contributed by atoms with Crippen LogP contribution in [0.25, 0.3) is 0 Å². The molecular formula is C14H21ClN2OS. The van der Waals surface area contributed by atoms with Crippen LogP contribution in [0.2, 0.25) is 4.34 Å². The second-order valence-electron chi connectivity index (χ2n) is 5.56. The van der Waals surface area contributed by atoms with Gasteiger partial charge in [-0.3, -0.25) is 4.79 Å². The lowest BCUT2D eigenvalue weighted by molar-refractivity contribution is -0.133. The van der Waals surface area contributed by atoms with Crippen LogP contribution in [0.4, 0.5) is 0 Å².